The van der Waals surface area contributed by atoms with Gasteiger partial charge in [-0.1, -0.05) is 6.42 Å². The Hall–Kier alpha value is 0.0169. The number of hydrogen-bond acceptors (Lipinski definition) is 4. The van der Waals surface area contributed by atoms with E-state index in [1.54, 1.807) is 21.3 Å². The minimum Gasteiger partial charge on any atom is -0.377 e. The van der Waals surface area contributed by atoms with Crippen molar-refractivity contribution in [1.82, 2.24) is 5.06 Å². The van der Waals surface area contributed by atoms with Crippen LogP contribution in [0, 0.1) is 5.92 Å². The van der Waals surface area contributed by atoms with Crippen LogP contribution in [-0.2, 0) is 18.5 Å². The first-order valence-electron chi connectivity index (χ1n) is 7.75. The molecule has 1 radical (unpaired) electrons. The summed E-state index contributed by atoms with van der Waals surface area (Å²) in [5.74, 6) is 0.567. The molecule has 0 atom stereocenters. The molecule has 1 rings (SSSR count). The molecule has 5 nitrogen and oxygen atoms in total. The number of rotatable bonds is 7. The summed E-state index contributed by atoms with van der Waals surface area (Å²) in [6.45, 7) is 8.19. The number of nitrogens with zero attached hydrogens (tertiary/aromatic N) is 1. The smallest absolute Gasteiger partial charge is 0.377 e. The van der Waals surface area contributed by atoms with E-state index in [1.807, 2.05) is 27.7 Å². The summed E-state index contributed by atoms with van der Waals surface area (Å²) in [5, 5.41) is 13.6. The standard InChI is InChI=1S/C15H32NO4Si/c1-14(2)11-13(12-15(3,4)16(14)17)9-8-10-21(18-5,19-6)20-7/h13H,8-12H2,1-7H3. The third-order valence-electron chi connectivity index (χ3n) is 4.70. The van der Waals surface area contributed by atoms with Crippen LogP contribution in [0.4, 0.5) is 0 Å². The zero-order chi connectivity index (χ0) is 16.3. The van der Waals surface area contributed by atoms with Gasteiger partial charge in [-0.05, 0) is 52.9 Å². The molecule has 0 aromatic carbocycles. The van der Waals surface area contributed by atoms with E-state index in [1.165, 1.54) is 5.06 Å². The number of hydroxylamine groups is 2. The van der Waals surface area contributed by atoms with Gasteiger partial charge in [-0.3, -0.25) is 0 Å². The van der Waals surface area contributed by atoms with Crippen LogP contribution in [0.25, 0.3) is 0 Å². The Labute approximate surface area is 130 Å². The molecule has 1 heterocycles. The Balaban J connectivity index is 2.57. The maximum absolute atomic E-state index is 12.3. The van der Waals surface area contributed by atoms with Crippen molar-refractivity contribution in [3.05, 3.63) is 0 Å². The predicted molar refractivity (Wildman–Crippen MR) is 84.2 cm³/mol. The van der Waals surface area contributed by atoms with Crippen LogP contribution in [0.3, 0.4) is 0 Å². The van der Waals surface area contributed by atoms with E-state index in [0.29, 0.717) is 5.92 Å². The van der Waals surface area contributed by atoms with Crippen LogP contribution in [0.2, 0.25) is 6.04 Å². The van der Waals surface area contributed by atoms with Crippen molar-refractivity contribution < 1.29 is 18.5 Å². The molecule has 6 heteroatoms. The van der Waals surface area contributed by atoms with Gasteiger partial charge in [-0.25, -0.2) is 0 Å². The van der Waals surface area contributed by atoms with Gasteiger partial charge < -0.3 is 13.3 Å². The molecule has 1 fully saturated rings. The largest absolute Gasteiger partial charge is 0.500 e. The molecule has 0 N–H and O–H groups in total. The monoisotopic (exact) mass is 318 g/mol. The zero-order valence-corrected chi connectivity index (χ0v) is 15.7. The normalized spacial score (nSPS) is 23.4. The fourth-order valence-electron chi connectivity index (χ4n) is 3.84. The van der Waals surface area contributed by atoms with E-state index < -0.39 is 8.80 Å². The van der Waals surface area contributed by atoms with Gasteiger partial charge in [-0.15, -0.1) is 10.3 Å². The van der Waals surface area contributed by atoms with Crippen molar-refractivity contribution in [2.75, 3.05) is 21.3 Å². The molecule has 0 aromatic rings. The molecule has 0 aliphatic carbocycles. The summed E-state index contributed by atoms with van der Waals surface area (Å²) >= 11 is 0. The van der Waals surface area contributed by atoms with E-state index in [4.69, 9.17) is 13.3 Å². The fourth-order valence-corrected chi connectivity index (χ4v) is 5.59. The van der Waals surface area contributed by atoms with Crippen molar-refractivity contribution in [3.8, 4) is 0 Å². The lowest BCUT2D eigenvalue weighted by molar-refractivity contribution is -0.294. The molecule has 21 heavy (non-hydrogen) atoms. The van der Waals surface area contributed by atoms with Crippen LogP contribution in [-0.4, -0.2) is 46.3 Å². The molecular weight excluding hydrogens is 286 g/mol. The van der Waals surface area contributed by atoms with Crippen molar-refractivity contribution in [1.29, 1.82) is 0 Å². The minimum absolute atomic E-state index is 0.287. The molecule has 0 unspecified atom stereocenters. The molecule has 1 aliphatic rings. The zero-order valence-electron chi connectivity index (χ0n) is 14.7. The first kappa shape index (κ1) is 19.1. The van der Waals surface area contributed by atoms with Gasteiger partial charge in [0.1, 0.15) is 0 Å². The lowest BCUT2D eigenvalue weighted by atomic mass is 9.74. The van der Waals surface area contributed by atoms with E-state index in [0.717, 1.165) is 31.7 Å². The molecule has 125 valence electrons. The SMILES string of the molecule is CO[Si](CCCC1CC(C)(C)N([O])C(C)(C)C1)(OC)OC. The lowest BCUT2D eigenvalue weighted by Gasteiger charge is -2.50. The van der Waals surface area contributed by atoms with Crippen LogP contribution >= 0.6 is 0 Å². The summed E-state index contributed by atoms with van der Waals surface area (Å²) in [5.41, 5.74) is -0.574. The maximum Gasteiger partial charge on any atom is 0.500 e. The first-order valence-corrected chi connectivity index (χ1v) is 9.68. The molecular formula is C15H32NO4Si. The molecule has 0 spiro atoms. The van der Waals surface area contributed by atoms with Gasteiger partial charge in [0.05, 0.1) is 0 Å². The fraction of sp³-hybridized carbons (Fsp3) is 1.00. The highest BCUT2D eigenvalue weighted by Crippen LogP contribution is 2.42. The van der Waals surface area contributed by atoms with Crippen molar-refractivity contribution in [3.63, 3.8) is 0 Å². The summed E-state index contributed by atoms with van der Waals surface area (Å²) in [6.07, 6.45) is 3.99. The number of hydrogen-bond donors (Lipinski definition) is 0. The van der Waals surface area contributed by atoms with Crippen LogP contribution in [0.1, 0.15) is 53.4 Å². The Kier molecular flexibility index (Phi) is 6.41. The number of piperidine rings is 1. The van der Waals surface area contributed by atoms with E-state index in [2.05, 4.69) is 0 Å². The molecule has 0 aromatic heterocycles. The predicted octanol–water partition coefficient (Wildman–Crippen LogP) is 3.26. The molecule has 0 amide bonds. The third-order valence-corrected chi connectivity index (χ3v) is 7.54. The second kappa shape index (κ2) is 7.06. The van der Waals surface area contributed by atoms with Gasteiger partial charge in [0.2, 0.25) is 0 Å². The van der Waals surface area contributed by atoms with Crippen molar-refractivity contribution in [2.45, 2.75) is 70.5 Å². The van der Waals surface area contributed by atoms with Gasteiger partial charge in [0, 0.05) is 38.5 Å². The van der Waals surface area contributed by atoms with Crippen LogP contribution in [0.5, 0.6) is 0 Å². The lowest BCUT2D eigenvalue weighted by Crippen LogP contribution is -2.58. The highest BCUT2D eigenvalue weighted by Gasteiger charge is 2.46. The van der Waals surface area contributed by atoms with Crippen LogP contribution < -0.4 is 0 Å². The van der Waals surface area contributed by atoms with E-state index in [9.17, 15) is 5.21 Å². The maximum atomic E-state index is 12.3. The van der Waals surface area contributed by atoms with Gasteiger partial charge in [0.15, 0.2) is 0 Å². The highest BCUT2D eigenvalue weighted by molar-refractivity contribution is 6.60. The molecule has 1 aliphatic heterocycles. The Morgan fingerprint density at radius 2 is 1.43 bits per heavy atom. The minimum atomic E-state index is -2.46. The average molecular weight is 319 g/mol. The summed E-state index contributed by atoms with van der Waals surface area (Å²) < 4.78 is 16.4. The first-order chi connectivity index (χ1) is 9.62. The van der Waals surface area contributed by atoms with Crippen molar-refractivity contribution in [2.24, 2.45) is 5.92 Å². The van der Waals surface area contributed by atoms with Gasteiger partial charge >= 0.3 is 8.80 Å². The molecule has 0 saturated carbocycles. The topological polar surface area (TPSA) is 50.8 Å². The van der Waals surface area contributed by atoms with E-state index >= 15 is 0 Å². The van der Waals surface area contributed by atoms with E-state index in [-0.39, 0.29) is 11.1 Å². The second-order valence-electron chi connectivity index (χ2n) is 7.38. The Morgan fingerprint density at radius 3 is 1.81 bits per heavy atom. The average Bonchev–Trinajstić information content (AvgIpc) is 2.41. The van der Waals surface area contributed by atoms with Crippen LogP contribution in [0.15, 0.2) is 0 Å². The summed E-state index contributed by atoms with van der Waals surface area (Å²) in [7, 11) is 2.50. The Morgan fingerprint density at radius 1 is 1.00 bits per heavy atom. The van der Waals surface area contributed by atoms with Gasteiger partial charge in [-0.2, -0.15) is 0 Å². The summed E-state index contributed by atoms with van der Waals surface area (Å²) in [4.78, 5) is 0. The Bertz CT molecular complexity index is 305. The third kappa shape index (κ3) is 4.50. The highest BCUT2D eigenvalue weighted by atomic mass is 28.4. The summed E-state index contributed by atoms with van der Waals surface area (Å²) in [6, 6.07) is 0.828. The second-order valence-corrected chi connectivity index (χ2v) is 10.5. The molecule has 0 bridgehead atoms. The molecule has 1 saturated heterocycles. The quantitative estimate of drug-likeness (QED) is 0.676. The van der Waals surface area contributed by atoms with Crippen molar-refractivity contribution >= 4 is 8.80 Å². The van der Waals surface area contributed by atoms with Gasteiger partial charge in [0.25, 0.3) is 0 Å².